The molecule has 0 bridgehead atoms. The van der Waals surface area contributed by atoms with Crippen molar-refractivity contribution >= 4 is 29.9 Å². The van der Waals surface area contributed by atoms with E-state index in [1.165, 1.54) is 19.4 Å². The van der Waals surface area contributed by atoms with Crippen LogP contribution >= 0.6 is 24.0 Å². The Morgan fingerprint density at radius 1 is 1.21 bits per heavy atom. The van der Waals surface area contributed by atoms with Crippen LogP contribution in [0.1, 0.15) is 39.2 Å². The van der Waals surface area contributed by atoms with Gasteiger partial charge in [-0.3, -0.25) is 9.89 Å². The number of rotatable bonds is 11. The highest BCUT2D eigenvalue weighted by molar-refractivity contribution is 14.0. The average molecular weight is 518 g/mol. The van der Waals surface area contributed by atoms with Gasteiger partial charge in [0.1, 0.15) is 12.4 Å². The van der Waals surface area contributed by atoms with Gasteiger partial charge in [-0.25, -0.2) is 0 Å². The first kappa shape index (κ1) is 26.0. The molecule has 1 heterocycles. The Kier molecular flexibility index (Phi) is 13.3. The summed E-state index contributed by atoms with van der Waals surface area (Å²) in [6.45, 7) is 14.4. The Labute approximate surface area is 194 Å². The summed E-state index contributed by atoms with van der Waals surface area (Å²) in [6, 6.07) is 8.86. The average Bonchev–Trinajstić information content (AvgIpc) is 3.20. The Morgan fingerprint density at radius 2 is 1.97 bits per heavy atom. The molecule has 0 radical (unpaired) electrons. The second-order valence-corrected chi connectivity index (χ2v) is 7.21. The topological polar surface area (TPSA) is 52.1 Å². The van der Waals surface area contributed by atoms with Crippen LogP contribution in [0.4, 0.5) is 0 Å². The predicted octanol–water partition coefficient (Wildman–Crippen LogP) is 3.17. The molecule has 29 heavy (non-hydrogen) atoms. The Balaban J connectivity index is 0.00000420. The Hall–Kier alpha value is -1.06. The molecule has 1 aromatic carbocycles. The molecule has 0 aromatic heterocycles. The molecule has 6 nitrogen and oxygen atoms in total. The van der Waals surface area contributed by atoms with Crippen molar-refractivity contribution in [2.75, 3.05) is 52.9 Å². The smallest absolute Gasteiger partial charge is 0.191 e. The maximum atomic E-state index is 6.06. The van der Waals surface area contributed by atoms with Crippen LogP contribution in [-0.4, -0.2) is 74.7 Å². The molecule has 1 atom stereocenters. The SMILES string of the molecule is CCN(CC)CCOc1ccccc1CNC(=NC)NCC1CCCN1CC.I. The largest absolute Gasteiger partial charge is 0.492 e. The highest BCUT2D eigenvalue weighted by Gasteiger charge is 2.22. The van der Waals surface area contributed by atoms with Crippen LogP contribution in [0, 0.1) is 0 Å². The van der Waals surface area contributed by atoms with E-state index in [0.717, 1.165) is 50.0 Å². The number of aliphatic imine (C=N–C) groups is 1. The van der Waals surface area contributed by atoms with Crippen molar-refractivity contribution in [1.29, 1.82) is 0 Å². The number of likely N-dealkylation sites (N-methyl/N-ethyl adjacent to an activating group) is 2. The predicted molar refractivity (Wildman–Crippen MR) is 134 cm³/mol. The molecule has 2 rings (SSSR count). The fourth-order valence-corrected chi connectivity index (χ4v) is 3.77. The number of hydrogen-bond acceptors (Lipinski definition) is 4. The van der Waals surface area contributed by atoms with Crippen molar-refractivity contribution < 1.29 is 4.74 Å². The van der Waals surface area contributed by atoms with E-state index in [1.54, 1.807) is 0 Å². The zero-order valence-electron chi connectivity index (χ0n) is 18.6. The highest BCUT2D eigenvalue weighted by Crippen LogP contribution is 2.18. The zero-order valence-corrected chi connectivity index (χ0v) is 20.9. The van der Waals surface area contributed by atoms with Crippen LogP contribution in [0.15, 0.2) is 29.3 Å². The third kappa shape index (κ3) is 8.68. The van der Waals surface area contributed by atoms with E-state index in [2.05, 4.69) is 58.3 Å². The molecule has 1 fully saturated rings. The maximum Gasteiger partial charge on any atom is 0.191 e. The minimum atomic E-state index is 0. The normalized spacial score (nSPS) is 17.3. The summed E-state index contributed by atoms with van der Waals surface area (Å²) in [5, 5.41) is 6.92. The van der Waals surface area contributed by atoms with E-state index in [4.69, 9.17) is 4.74 Å². The molecule has 7 heteroatoms. The van der Waals surface area contributed by atoms with Gasteiger partial charge in [-0.05, 0) is 45.1 Å². The van der Waals surface area contributed by atoms with Crippen molar-refractivity contribution in [3.63, 3.8) is 0 Å². The van der Waals surface area contributed by atoms with E-state index >= 15 is 0 Å². The minimum absolute atomic E-state index is 0. The van der Waals surface area contributed by atoms with E-state index in [0.29, 0.717) is 19.2 Å². The number of benzene rings is 1. The van der Waals surface area contributed by atoms with Gasteiger partial charge in [-0.1, -0.05) is 39.0 Å². The molecule has 1 aliphatic rings. The summed E-state index contributed by atoms with van der Waals surface area (Å²) in [6.07, 6.45) is 2.56. The molecule has 0 amide bonds. The fraction of sp³-hybridized carbons (Fsp3) is 0.682. The Bertz CT molecular complexity index is 594. The summed E-state index contributed by atoms with van der Waals surface area (Å²) in [7, 11) is 1.83. The molecular weight excluding hydrogens is 477 g/mol. The summed E-state index contributed by atoms with van der Waals surface area (Å²) in [5.74, 6) is 1.80. The lowest BCUT2D eigenvalue weighted by molar-refractivity contribution is 0.221. The Morgan fingerprint density at radius 3 is 2.66 bits per heavy atom. The van der Waals surface area contributed by atoms with Gasteiger partial charge in [-0.2, -0.15) is 0 Å². The van der Waals surface area contributed by atoms with Gasteiger partial charge in [0.05, 0.1) is 0 Å². The molecular formula is C22H40IN5O. The summed E-state index contributed by atoms with van der Waals surface area (Å²) in [4.78, 5) is 9.29. The molecule has 1 aliphatic heterocycles. The van der Waals surface area contributed by atoms with Gasteiger partial charge >= 0.3 is 0 Å². The lowest BCUT2D eigenvalue weighted by Crippen LogP contribution is -2.44. The molecule has 0 spiro atoms. The third-order valence-electron chi connectivity index (χ3n) is 5.61. The fourth-order valence-electron chi connectivity index (χ4n) is 3.77. The van der Waals surface area contributed by atoms with Gasteiger partial charge in [0, 0.05) is 38.3 Å². The van der Waals surface area contributed by atoms with Gasteiger partial charge in [0.25, 0.3) is 0 Å². The zero-order chi connectivity index (χ0) is 20.2. The summed E-state index contributed by atoms with van der Waals surface area (Å²) in [5.41, 5.74) is 1.15. The van der Waals surface area contributed by atoms with Crippen LogP contribution in [-0.2, 0) is 6.54 Å². The second kappa shape index (κ2) is 14.8. The first-order valence-electron chi connectivity index (χ1n) is 10.8. The van der Waals surface area contributed by atoms with E-state index in [9.17, 15) is 0 Å². The number of guanidine groups is 1. The number of halogens is 1. The quantitative estimate of drug-likeness (QED) is 0.268. The van der Waals surface area contributed by atoms with E-state index in [1.807, 2.05) is 19.2 Å². The van der Waals surface area contributed by atoms with Crippen LogP contribution in [0.25, 0.3) is 0 Å². The van der Waals surface area contributed by atoms with Crippen molar-refractivity contribution in [3.05, 3.63) is 29.8 Å². The first-order valence-corrected chi connectivity index (χ1v) is 10.8. The molecule has 2 N–H and O–H groups in total. The number of ether oxygens (including phenoxy) is 1. The van der Waals surface area contributed by atoms with Crippen molar-refractivity contribution in [1.82, 2.24) is 20.4 Å². The van der Waals surface area contributed by atoms with Crippen molar-refractivity contribution in [3.8, 4) is 5.75 Å². The van der Waals surface area contributed by atoms with E-state index in [-0.39, 0.29) is 24.0 Å². The molecule has 0 saturated carbocycles. The van der Waals surface area contributed by atoms with Gasteiger partial charge in [0.15, 0.2) is 5.96 Å². The summed E-state index contributed by atoms with van der Waals surface area (Å²) >= 11 is 0. The highest BCUT2D eigenvalue weighted by atomic mass is 127. The van der Waals surface area contributed by atoms with Crippen LogP contribution in [0.2, 0.25) is 0 Å². The molecule has 166 valence electrons. The lowest BCUT2D eigenvalue weighted by Gasteiger charge is -2.24. The van der Waals surface area contributed by atoms with E-state index < -0.39 is 0 Å². The van der Waals surface area contributed by atoms with Crippen LogP contribution < -0.4 is 15.4 Å². The van der Waals surface area contributed by atoms with Crippen LogP contribution in [0.3, 0.4) is 0 Å². The number of likely N-dealkylation sites (tertiary alicyclic amines) is 1. The lowest BCUT2D eigenvalue weighted by atomic mass is 10.2. The number of nitrogens with one attached hydrogen (secondary N) is 2. The molecule has 1 unspecified atom stereocenters. The minimum Gasteiger partial charge on any atom is -0.492 e. The second-order valence-electron chi connectivity index (χ2n) is 7.21. The van der Waals surface area contributed by atoms with Gasteiger partial charge in [-0.15, -0.1) is 24.0 Å². The first-order chi connectivity index (χ1) is 13.7. The molecule has 0 aliphatic carbocycles. The number of para-hydroxylation sites is 1. The van der Waals surface area contributed by atoms with Gasteiger partial charge < -0.3 is 20.3 Å². The van der Waals surface area contributed by atoms with Crippen LogP contribution in [0.5, 0.6) is 5.75 Å². The molecule has 1 saturated heterocycles. The summed E-state index contributed by atoms with van der Waals surface area (Å²) < 4.78 is 6.06. The standard InChI is InChI=1S/C22H39N5O.HI/c1-5-26(6-2)15-16-28-21-13-9-8-11-19(21)17-24-22(23-4)25-18-20-12-10-14-27(20)7-3;/h8-9,11,13,20H,5-7,10,12,14-18H2,1-4H3,(H2,23,24,25);1H. The molecule has 1 aromatic rings. The van der Waals surface area contributed by atoms with Gasteiger partial charge in [0.2, 0.25) is 0 Å². The monoisotopic (exact) mass is 517 g/mol. The van der Waals surface area contributed by atoms with Crippen molar-refractivity contribution in [2.24, 2.45) is 4.99 Å². The maximum absolute atomic E-state index is 6.06. The number of hydrogen-bond donors (Lipinski definition) is 2. The number of nitrogens with zero attached hydrogens (tertiary/aromatic N) is 3. The third-order valence-corrected chi connectivity index (χ3v) is 5.61. The van der Waals surface area contributed by atoms with Crippen molar-refractivity contribution in [2.45, 2.75) is 46.2 Å².